The molecular weight excluding hydrogens is 239 g/mol. The van der Waals surface area contributed by atoms with Gasteiger partial charge in [-0.05, 0) is 30.8 Å². The van der Waals surface area contributed by atoms with Crippen molar-refractivity contribution in [1.82, 2.24) is 9.55 Å². The summed E-state index contributed by atoms with van der Waals surface area (Å²) in [7, 11) is 1.55. The van der Waals surface area contributed by atoms with Crippen molar-refractivity contribution < 1.29 is 9.13 Å². The van der Waals surface area contributed by atoms with Crippen LogP contribution in [0.3, 0.4) is 0 Å². The van der Waals surface area contributed by atoms with Gasteiger partial charge in [0.05, 0.1) is 12.8 Å². The standard InChI is InChI=1S/C12H13FN2OS/c1-3-8-7-14-12(17)15(8)11-6-9(16-2)4-5-10(11)13/h4-7H,3H2,1-2H3,(H,14,17). The molecule has 17 heavy (non-hydrogen) atoms. The van der Waals surface area contributed by atoms with Gasteiger partial charge < -0.3 is 9.72 Å². The zero-order valence-corrected chi connectivity index (χ0v) is 10.5. The highest BCUT2D eigenvalue weighted by molar-refractivity contribution is 7.71. The second-order valence-corrected chi connectivity index (χ2v) is 3.98. The monoisotopic (exact) mass is 252 g/mol. The zero-order valence-electron chi connectivity index (χ0n) is 9.66. The number of methoxy groups -OCH3 is 1. The van der Waals surface area contributed by atoms with Gasteiger partial charge in [-0.3, -0.25) is 4.57 Å². The SMILES string of the molecule is CCc1c[nH]c(=S)n1-c1cc(OC)ccc1F. The molecular formula is C12H13FN2OS. The molecule has 0 saturated carbocycles. The number of H-pyrrole nitrogens is 1. The molecule has 0 radical (unpaired) electrons. The molecule has 1 N–H and O–H groups in total. The van der Waals surface area contributed by atoms with Gasteiger partial charge in [0.25, 0.3) is 0 Å². The van der Waals surface area contributed by atoms with Crippen molar-refractivity contribution in [2.45, 2.75) is 13.3 Å². The van der Waals surface area contributed by atoms with Gasteiger partial charge in [0, 0.05) is 18.0 Å². The molecule has 90 valence electrons. The highest BCUT2D eigenvalue weighted by atomic mass is 32.1. The number of nitrogens with zero attached hydrogens (tertiary/aromatic N) is 1. The zero-order chi connectivity index (χ0) is 12.4. The van der Waals surface area contributed by atoms with Crippen LogP contribution in [0.2, 0.25) is 0 Å². The minimum Gasteiger partial charge on any atom is -0.497 e. The molecule has 3 nitrogen and oxygen atoms in total. The van der Waals surface area contributed by atoms with Crippen LogP contribution in [0.25, 0.3) is 5.69 Å². The number of hydrogen-bond donors (Lipinski definition) is 1. The predicted molar refractivity (Wildman–Crippen MR) is 66.8 cm³/mol. The minimum atomic E-state index is -0.323. The van der Waals surface area contributed by atoms with Gasteiger partial charge in [0.2, 0.25) is 0 Å². The van der Waals surface area contributed by atoms with E-state index in [4.69, 9.17) is 17.0 Å². The summed E-state index contributed by atoms with van der Waals surface area (Å²) in [5.74, 6) is 0.280. The third-order valence-corrected chi connectivity index (χ3v) is 2.91. The van der Waals surface area contributed by atoms with E-state index in [1.807, 2.05) is 6.92 Å². The van der Waals surface area contributed by atoms with Crippen LogP contribution in [-0.4, -0.2) is 16.7 Å². The number of imidazole rings is 1. The van der Waals surface area contributed by atoms with E-state index in [1.165, 1.54) is 6.07 Å². The molecule has 0 aliphatic carbocycles. The number of aromatic nitrogens is 2. The van der Waals surface area contributed by atoms with Crippen LogP contribution >= 0.6 is 12.2 Å². The van der Waals surface area contributed by atoms with E-state index in [2.05, 4.69) is 4.98 Å². The number of aryl methyl sites for hydroxylation is 1. The Balaban J connectivity index is 2.66. The van der Waals surface area contributed by atoms with E-state index in [1.54, 1.807) is 30.0 Å². The van der Waals surface area contributed by atoms with Crippen LogP contribution in [0.5, 0.6) is 5.75 Å². The van der Waals surface area contributed by atoms with Gasteiger partial charge in [-0.25, -0.2) is 4.39 Å². The van der Waals surface area contributed by atoms with E-state index < -0.39 is 0 Å². The number of benzene rings is 1. The predicted octanol–water partition coefficient (Wildman–Crippen LogP) is 3.24. The lowest BCUT2D eigenvalue weighted by molar-refractivity contribution is 0.413. The second-order valence-electron chi connectivity index (χ2n) is 3.59. The van der Waals surface area contributed by atoms with Crippen LogP contribution in [0.15, 0.2) is 24.4 Å². The molecule has 0 saturated heterocycles. The first-order valence-corrected chi connectivity index (χ1v) is 5.71. The molecule has 2 aromatic rings. The topological polar surface area (TPSA) is 29.9 Å². The minimum absolute atomic E-state index is 0.323. The molecule has 5 heteroatoms. The summed E-state index contributed by atoms with van der Waals surface area (Å²) in [5, 5.41) is 0. The van der Waals surface area contributed by atoms with Crippen LogP contribution in [0.1, 0.15) is 12.6 Å². The molecule has 0 aliphatic rings. The Kier molecular flexibility index (Phi) is 3.28. The number of halogens is 1. The quantitative estimate of drug-likeness (QED) is 0.850. The van der Waals surface area contributed by atoms with Crippen LogP contribution < -0.4 is 4.74 Å². The lowest BCUT2D eigenvalue weighted by Crippen LogP contribution is -2.02. The number of ether oxygens (including phenoxy) is 1. The van der Waals surface area contributed by atoms with Gasteiger partial charge in [-0.1, -0.05) is 6.92 Å². The van der Waals surface area contributed by atoms with Crippen molar-refractivity contribution in [2.24, 2.45) is 0 Å². The van der Waals surface area contributed by atoms with Crippen molar-refractivity contribution in [2.75, 3.05) is 7.11 Å². The third-order valence-electron chi connectivity index (χ3n) is 2.61. The van der Waals surface area contributed by atoms with Gasteiger partial charge in [-0.2, -0.15) is 0 Å². The maximum absolute atomic E-state index is 13.8. The van der Waals surface area contributed by atoms with E-state index in [-0.39, 0.29) is 5.82 Å². The summed E-state index contributed by atoms with van der Waals surface area (Å²) in [6.45, 7) is 1.99. The fraction of sp³-hybridized carbons (Fsp3) is 0.250. The lowest BCUT2D eigenvalue weighted by Gasteiger charge is -2.09. The van der Waals surface area contributed by atoms with Crippen LogP contribution in [0, 0.1) is 10.6 Å². The molecule has 0 bridgehead atoms. The number of aromatic amines is 1. The van der Waals surface area contributed by atoms with Crippen molar-refractivity contribution in [3.8, 4) is 11.4 Å². The van der Waals surface area contributed by atoms with Crippen LogP contribution in [0.4, 0.5) is 4.39 Å². The van der Waals surface area contributed by atoms with Crippen LogP contribution in [-0.2, 0) is 6.42 Å². The maximum Gasteiger partial charge on any atom is 0.182 e. The number of hydrogen-bond acceptors (Lipinski definition) is 2. The van der Waals surface area contributed by atoms with E-state index >= 15 is 0 Å². The summed E-state index contributed by atoms with van der Waals surface area (Å²) in [6, 6.07) is 4.60. The Morgan fingerprint density at radius 2 is 2.24 bits per heavy atom. The first kappa shape index (κ1) is 11.9. The summed E-state index contributed by atoms with van der Waals surface area (Å²) < 4.78 is 21.1. The first-order valence-electron chi connectivity index (χ1n) is 5.30. The molecule has 0 aliphatic heterocycles. The first-order chi connectivity index (χ1) is 8.17. The van der Waals surface area contributed by atoms with Crippen molar-refractivity contribution >= 4 is 12.2 Å². The summed E-state index contributed by atoms with van der Waals surface area (Å²) in [6.07, 6.45) is 2.56. The summed E-state index contributed by atoms with van der Waals surface area (Å²) in [5.41, 5.74) is 1.34. The lowest BCUT2D eigenvalue weighted by atomic mass is 10.2. The van der Waals surface area contributed by atoms with Crippen molar-refractivity contribution in [3.63, 3.8) is 0 Å². The Morgan fingerprint density at radius 3 is 2.88 bits per heavy atom. The van der Waals surface area contributed by atoms with E-state index in [9.17, 15) is 4.39 Å². The molecule has 1 aromatic heterocycles. The highest BCUT2D eigenvalue weighted by Crippen LogP contribution is 2.22. The fourth-order valence-electron chi connectivity index (χ4n) is 1.72. The Labute approximate surface area is 104 Å². The molecule has 0 spiro atoms. The van der Waals surface area contributed by atoms with Gasteiger partial charge in [0.1, 0.15) is 11.6 Å². The summed E-state index contributed by atoms with van der Waals surface area (Å²) in [4.78, 5) is 2.92. The number of nitrogens with one attached hydrogen (secondary N) is 1. The molecule has 0 unspecified atom stereocenters. The molecule has 0 atom stereocenters. The Bertz CT molecular complexity index is 588. The van der Waals surface area contributed by atoms with Gasteiger partial charge in [0.15, 0.2) is 4.77 Å². The number of rotatable bonds is 3. The normalized spacial score (nSPS) is 10.5. The molecule has 2 rings (SSSR count). The third kappa shape index (κ3) is 2.10. The average molecular weight is 252 g/mol. The molecule has 0 fully saturated rings. The highest BCUT2D eigenvalue weighted by Gasteiger charge is 2.10. The van der Waals surface area contributed by atoms with Gasteiger partial charge >= 0.3 is 0 Å². The molecule has 0 amide bonds. The van der Waals surface area contributed by atoms with Crippen molar-refractivity contribution in [3.05, 3.63) is 40.7 Å². The van der Waals surface area contributed by atoms with E-state index in [0.29, 0.717) is 16.2 Å². The van der Waals surface area contributed by atoms with E-state index in [0.717, 1.165) is 12.1 Å². The summed E-state index contributed by atoms with van der Waals surface area (Å²) >= 11 is 5.16. The largest absolute Gasteiger partial charge is 0.497 e. The van der Waals surface area contributed by atoms with Crippen molar-refractivity contribution in [1.29, 1.82) is 0 Å². The van der Waals surface area contributed by atoms with Gasteiger partial charge in [-0.15, -0.1) is 0 Å². The molecule has 1 heterocycles. The second kappa shape index (κ2) is 4.71. The Hall–Kier alpha value is -1.62. The smallest absolute Gasteiger partial charge is 0.182 e. The maximum atomic E-state index is 13.8. The Morgan fingerprint density at radius 1 is 1.47 bits per heavy atom. The average Bonchev–Trinajstić information content (AvgIpc) is 2.71. The fourth-order valence-corrected chi connectivity index (χ4v) is 1.99. The molecule has 1 aromatic carbocycles.